The Hall–Kier alpha value is -0.880. The lowest BCUT2D eigenvalue weighted by molar-refractivity contribution is 0.184. The van der Waals surface area contributed by atoms with Crippen LogP contribution in [-0.2, 0) is 0 Å². The van der Waals surface area contributed by atoms with Gasteiger partial charge in [0.1, 0.15) is 10.4 Å². The van der Waals surface area contributed by atoms with Crippen LogP contribution in [0.25, 0.3) is 10.1 Å². The molecular formula is C18H23IN4OS3. The van der Waals surface area contributed by atoms with Gasteiger partial charge in [-0.3, -0.25) is 4.99 Å². The number of aromatic nitrogens is 1. The molecule has 0 amide bonds. The number of rotatable bonds is 8. The molecule has 0 radical (unpaired) electrons. The molecule has 3 N–H and O–H groups in total. The maximum Gasteiger partial charge on any atom is 0.191 e. The highest BCUT2D eigenvalue weighted by Crippen LogP contribution is 2.29. The van der Waals surface area contributed by atoms with Crippen LogP contribution < -0.4 is 10.6 Å². The van der Waals surface area contributed by atoms with E-state index in [1.807, 2.05) is 23.7 Å². The monoisotopic (exact) mass is 534 g/mol. The molecule has 0 fully saturated rings. The predicted molar refractivity (Wildman–Crippen MR) is 129 cm³/mol. The predicted octanol–water partition coefficient (Wildman–Crippen LogP) is 4.36. The summed E-state index contributed by atoms with van der Waals surface area (Å²) in [5.41, 5.74) is 0. The van der Waals surface area contributed by atoms with Crippen LogP contribution in [0.2, 0.25) is 0 Å². The van der Waals surface area contributed by atoms with Crippen molar-refractivity contribution in [2.24, 2.45) is 4.99 Å². The van der Waals surface area contributed by atoms with Crippen LogP contribution in [0.15, 0.2) is 51.2 Å². The minimum Gasteiger partial charge on any atom is -0.386 e. The number of benzene rings is 1. The number of thiazole rings is 1. The van der Waals surface area contributed by atoms with Gasteiger partial charge in [-0.2, -0.15) is 0 Å². The number of aliphatic imine (C=N–C) groups is 1. The number of aliphatic hydroxyl groups is 1. The van der Waals surface area contributed by atoms with Gasteiger partial charge >= 0.3 is 0 Å². The quantitative estimate of drug-likeness (QED) is 0.132. The summed E-state index contributed by atoms with van der Waals surface area (Å²) >= 11 is 5.07. The van der Waals surface area contributed by atoms with Gasteiger partial charge in [0.15, 0.2) is 5.96 Å². The van der Waals surface area contributed by atoms with E-state index in [1.54, 1.807) is 41.5 Å². The summed E-state index contributed by atoms with van der Waals surface area (Å²) in [5, 5.41) is 20.1. The molecule has 5 nitrogen and oxygen atoms in total. The number of nitrogens with one attached hydrogen (secondary N) is 2. The van der Waals surface area contributed by atoms with E-state index >= 15 is 0 Å². The van der Waals surface area contributed by atoms with Gasteiger partial charge in [0.25, 0.3) is 0 Å². The fraction of sp³-hybridized carbons (Fsp3) is 0.333. The molecule has 3 aromatic rings. The van der Waals surface area contributed by atoms with E-state index in [-0.39, 0.29) is 24.0 Å². The van der Waals surface area contributed by atoms with E-state index < -0.39 is 6.10 Å². The summed E-state index contributed by atoms with van der Waals surface area (Å²) in [7, 11) is 1.74. The van der Waals surface area contributed by atoms with Crippen LogP contribution in [0.5, 0.6) is 0 Å². The number of hydrogen-bond acceptors (Lipinski definition) is 6. The van der Waals surface area contributed by atoms with Crippen LogP contribution in [0, 0.1) is 0 Å². The van der Waals surface area contributed by atoms with Crippen molar-refractivity contribution >= 4 is 74.5 Å². The third-order valence-electron chi connectivity index (χ3n) is 3.71. The van der Waals surface area contributed by atoms with Crippen molar-refractivity contribution in [3.8, 4) is 0 Å². The Morgan fingerprint density at radius 3 is 2.93 bits per heavy atom. The number of thiophene rings is 1. The van der Waals surface area contributed by atoms with Crippen molar-refractivity contribution in [3.05, 3.63) is 46.8 Å². The summed E-state index contributed by atoms with van der Waals surface area (Å²) in [4.78, 5) is 9.44. The second-order valence-electron chi connectivity index (χ2n) is 5.58. The number of nitrogens with zero attached hydrogens (tertiary/aromatic N) is 2. The number of halogens is 1. The molecule has 0 aliphatic rings. The smallest absolute Gasteiger partial charge is 0.191 e. The molecule has 1 aromatic carbocycles. The van der Waals surface area contributed by atoms with Gasteiger partial charge in [-0.05, 0) is 23.9 Å². The van der Waals surface area contributed by atoms with Crippen molar-refractivity contribution in [1.82, 2.24) is 15.6 Å². The lowest BCUT2D eigenvalue weighted by atomic mass is 10.2. The maximum atomic E-state index is 10.4. The molecule has 1 unspecified atom stereocenters. The zero-order chi connectivity index (χ0) is 18.2. The first-order valence-corrected chi connectivity index (χ1v) is 11.1. The van der Waals surface area contributed by atoms with Crippen molar-refractivity contribution in [2.45, 2.75) is 16.9 Å². The van der Waals surface area contributed by atoms with Crippen LogP contribution in [0.4, 0.5) is 0 Å². The second-order valence-corrected chi connectivity index (χ2v) is 8.93. The van der Waals surface area contributed by atoms with E-state index in [2.05, 4.69) is 38.8 Å². The molecule has 0 bridgehead atoms. The minimum absolute atomic E-state index is 0. The molecular weight excluding hydrogens is 511 g/mol. The van der Waals surface area contributed by atoms with Crippen LogP contribution in [0.3, 0.4) is 0 Å². The van der Waals surface area contributed by atoms with E-state index in [1.165, 1.54) is 10.1 Å². The topological polar surface area (TPSA) is 69.5 Å². The molecule has 146 valence electrons. The summed E-state index contributed by atoms with van der Waals surface area (Å²) in [6.45, 7) is 1.26. The van der Waals surface area contributed by atoms with Crippen molar-refractivity contribution in [1.29, 1.82) is 0 Å². The Bertz CT molecular complexity index is 805. The van der Waals surface area contributed by atoms with E-state index in [4.69, 9.17) is 0 Å². The number of hydrogen-bond donors (Lipinski definition) is 3. The summed E-state index contributed by atoms with van der Waals surface area (Å²) in [6.07, 6.45) is 2.30. The Labute approximate surface area is 188 Å². The Kier molecular flexibility index (Phi) is 9.83. The van der Waals surface area contributed by atoms with Gasteiger partial charge in [0, 0.05) is 47.0 Å². The minimum atomic E-state index is -0.550. The lowest BCUT2D eigenvalue weighted by Gasteiger charge is -2.14. The standard InChI is InChI=1S/C18H22N4OS3.HI/c1-19-17(20-7-4-9-24-18-21-8-10-25-18)22-12-14(23)16-11-13-5-2-3-6-15(13)26-16;/h2-3,5-6,8,10-11,14,23H,4,7,9,12H2,1H3,(H2,19,20,22);1H. The van der Waals surface area contributed by atoms with Crippen LogP contribution in [-0.4, -0.2) is 41.9 Å². The number of thioether (sulfide) groups is 1. The largest absolute Gasteiger partial charge is 0.386 e. The molecule has 9 heteroatoms. The molecule has 3 rings (SSSR count). The van der Waals surface area contributed by atoms with Crippen molar-refractivity contribution in [3.63, 3.8) is 0 Å². The molecule has 0 aliphatic heterocycles. The maximum absolute atomic E-state index is 10.4. The number of fused-ring (bicyclic) bond motifs is 1. The third kappa shape index (κ3) is 6.90. The van der Waals surface area contributed by atoms with Crippen molar-refractivity contribution in [2.75, 3.05) is 25.9 Å². The van der Waals surface area contributed by atoms with Crippen molar-refractivity contribution < 1.29 is 5.11 Å². The van der Waals surface area contributed by atoms with Gasteiger partial charge < -0.3 is 15.7 Å². The summed E-state index contributed by atoms with van der Waals surface area (Å²) in [6, 6.07) is 10.2. The van der Waals surface area contributed by atoms with E-state index in [0.29, 0.717) is 12.5 Å². The third-order valence-corrected chi connectivity index (χ3v) is 6.98. The second kappa shape index (κ2) is 11.8. The number of guanidine groups is 1. The average molecular weight is 535 g/mol. The van der Waals surface area contributed by atoms with Gasteiger partial charge in [0.05, 0.1) is 0 Å². The van der Waals surface area contributed by atoms with Gasteiger partial charge in [0.2, 0.25) is 0 Å². The zero-order valence-electron chi connectivity index (χ0n) is 14.9. The molecule has 0 saturated carbocycles. The van der Waals surface area contributed by atoms with E-state index in [9.17, 15) is 5.11 Å². The first kappa shape index (κ1) is 22.4. The lowest BCUT2D eigenvalue weighted by Crippen LogP contribution is -2.39. The highest BCUT2D eigenvalue weighted by Gasteiger charge is 2.12. The van der Waals surface area contributed by atoms with Gasteiger partial charge in [-0.15, -0.1) is 46.7 Å². The highest BCUT2D eigenvalue weighted by molar-refractivity contribution is 14.0. The molecule has 27 heavy (non-hydrogen) atoms. The molecule has 0 saturated heterocycles. The molecule has 0 spiro atoms. The fourth-order valence-electron chi connectivity index (χ4n) is 2.40. The fourth-order valence-corrected chi connectivity index (χ4v) is 5.10. The summed E-state index contributed by atoms with van der Waals surface area (Å²) in [5.74, 6) is 1.73. The highest BCUT2D eigenvalue weighted by atomic mass is 127. The average Bonchev–Trinajstić information content (AvgIpc) is 3.33. The van der Waals surface area contributed by atoms with Gasteiger partial charge in [-0.25, -0.2) is 4.98 Å². The first-order chi connectivity index (χ1) is 12.8. The van der Waals surface area contributed by atoms with Crippen LogP contribution in [0.1, 0.15) is 17.4 Å². The summed E-state index contributed by atoms with van der Waals surface area (Å²) < 4.78 is 2.31. The first-order valence-electron chi connectivity index (χ1n) is 8.39. The van der Waals surface area contributed by atoms with E-state index in [0.717, 1.165) is 27.9 Å². The van der Waals surface area contributed by atoms with Gasteiger partial charge in [-0.1, -0.05) is 30.0 Å². The Balaban J connectivity index is 0.00000261. The molecule has 1 atom stereocenters. The molecule has 2 aromatic heterocycles. The molecule has 2 heterocycles. The Morgan fingerprint density at radius 1 is 1.33 bits per heavy atom. The Morgan fingerprint density at radius 2 is 2.19 bits per heavy atom. The number of aliphatic hydroxyl groups excluding tert-OH is 1. The van der Waals surface area contributed by atoms with Crippen LogP contribution >= 0.6 is 58.4 Å². The zero-order valence-corrected chi connectivity index (χ0v) is 19.7. The normalized spacial score (nSPS) is 12.6. The molecule has 0 aliphatic carbocycles. The SMILES string of the molecule is CN=C(NCCCSc1nccs1)NCC(O)c1cc2ccccc2s1.I.